The number of anilines is 2. The molecule has 0 spiro atoms. The van der Waals surface area contributed by atoms with E-state index >= 15 is 0 Å². The lowest BCUT2D eigenvalue weighted by Crippen LogP contribution is -2.41. The normalized spacial score (nSPS) is 21.7. The van der Waals surface area contributed by atoms with Gasteiger partial charge >= 0.3 is 0 Å². The maximum Gasteiger partial charge on any atom is 0.146 e. The number of halogens is 1. The zero-order valence-electron chi connectivity index (χ0n) is 8.74. The average molecular weight is 210 g/mol. The van der Waals surface area contributed by atoms with Gasteiger partial charge in [0.15, 0.2) is 0 Å². The molecule has 0 radical (unpaired) electrons. The van der Waals surface area contributed by atoms with E-state index in [1.54, 1.807) is 12.1 Å². The highest BCUT2D eigenvalue weighted by molar-refractivity contribution is 5.57. The molecule has 0 bridgehead atoms. The lowest BCUT2D eigenvalue weighted by molar-refractivity contribution is 0.0530. The van der Waals surface area contributed by atoms with Gasteiger partial charge in [0.25, 0.3) is 0 Å². The second-order valence-electron chi connectivity index (χ2n) is 3.84. The van der Waals surface area contributed by atoms with Gasteiger partial charge in [0.1, 0.15) is 5.82 Å². The van der Waals surface area contributed by atoms with E-state index < -0.39 is 0 Å². The highest BCUT2D eigenvalue weighted by Gasteiger charge is 2.19. The van der Waals surface area contributed by atoms with Gasteiger partial charge in [-0.1, -0.05) is 0 Å². The van der Waals surface area contributed by atoms with Gasteiger partial charge in [0.2, 0.25) is 0 Å². The van der Waals surface area contributed by atoms with Crippen molar-refractivity contribution in [2.75, 3.05) is 30.3 Å². The highest BCUT2D eigenvalue weighted by Crippen LogP contribution is 2.23. The number of nitrogens with two attached hydrogens (primary N) is 1. The zero-order chi connectivity index (χ0) is 10.8. The van der Waals surface area contributed by atoms with E-state index in [2.05, 4.69) is 0 Å². The number of morpholine rings is 1. The summed E-state index contributed by atoms with van der Waals surface area (Å²) in [6.45, 7) is 4.04. The van der Waals surface area contributed by atoms with E-state index in [0.29, 0.717) is 31.1 Å². The molecule has 2 rings (SSSR count). The average Bonchev–Trinajstić information content (AvgIpc) is 2.22. The molecular formula is C11H15FN2O. The summed E-state index contributed by atoms with van der Waals surface area (Å²) in [6, 6.07) is 4.65. The number of hydrogen-bond donors (Lipinski definition) is 1. The molecule has 1 aromatic rings. The summed E-state index contributed by atoms with van der Waals surface area (Å²) in [4.78, 5) is 1.97. The van der Waals surface area contributed by atoms with Crippen LogP contribution in [0.5, 0.6) is 0 Å². The van der Waals surface area contributed by atoms with Crippen molar-refractivity contribution in [1.82, 2.24) is 0 Å². The van der Waals surface area contributed by atoms with Gasteiger partial charge < -0.3 is 15.4 Å². The fraction of sp³-hybridized carbons (Fsp3) is 0.455. The highest BCUT2D eigenvalue weighted by atomic mass is 19.1. The molecular weight excluding hydrogens is 195 g/mol. The van der Waals surface area contributed by atoms with Gasteiger partial charge in [-0.3, -0.25) is 0 Å². The monoisotopic (exact) mass is 210 g/mol. The molecule has 0 saturated carbocycles. The van der Waals surface area contributed by atoms with Gasteiger partial charge in [0, 0.05) is 18.8 Å². The van der Waals surface area contributed by atoms with E-state index in [1.807, 2.05) is 11.8 Å². The zero-order valence-corrected chi connectivity index (χ0v) is 8.74. The van der Waals surface area contributed by atoms with E-state index in [9.17, 15) is 4.39 Å². The molecule has 1 aromatic carbocycles. The summed E-state index contributed by atoms with van der Waals surface area (Å²) in [5.41, 5.74) is 6.81. The summed E-state index contributed by atoms with van der Waals surface area (Å²) >= 11 is 0. The standard InChI is InChI=1S/C11H15FN2O/c1-8-7-14(4-5-15-8)11-6-9(13)2-3-10(11)12/h2-3,6,8H,4-5,7,13H2,1H3/t8-/m1/s1. The van der Waals surface area contributed by atoms with Crippen LogP contribution in [-0.4, -0.2) is 25.8 Å². The van der Waals surface area contributed by atoms with Gasteiger partial charge in [-0.25, -0.2) is 4.39 Å². The van der Waals surface area contributed by atoms with Crippen molar-refractivity contribution in [3.05, 3.63) is 24.0 Å². The first-order chi connectivity index (χ1) is 7.16. The lowest BCUT2D eigenvalue weighted by atomic mass is 10.2. The second kappa shape index (κ2) is 4.06. The first kappa shape index (κ1) is 10.2. The molecule has 0 aliphatic carbocycles. The predicted octanol–water partition coefficient (Wildman–Crippen LogP) is 1.63. The Morgan fingerprint density at radius 1 is 1.53 bits per heavy atom. The van der Waals surface area contributed by atoms with Crippen LogP contribution in [0.4, 0.5) is 15.8 Å². The SMILES string of the molecule is C[C@@H]1CN(c2cc(N)ccc2F)CCO1. The summed E-state index contributed by atoms with van der Waals surface area (Å²) in [6.07, 6.45) is 0.139. The summed E-state index contributed by atoms with van der Waals surface area (Å²) in [5.74, 6) is -0.224. The van der Waals surface area contributed by atoms with Crippen molar-refractivity contribution in [3.8, 4) is 0 Å². The molecule has 15 heavy (non-hydrogen) atoms. The van der Waals surface area contributed by atoms with Crippen LogP contribution >= 0.6 is 0 Å². The van der Waals surface area contributed by atoms with Crippen LogP contribution in [0.25, 0.3) is 0 Å². The Morgan fingerprint density at radius 2 is 2.33 bits per heavy atom. The van der Waals surface area contributed by atoms with Crippen molar-refractivity contribution in [1.29, 1.82) is 0 Å². The van der Waals surface area contributed by atoms with Gasteiger partial charge in [0.05, 0.1) is 18.4 Å². The molecule has 4 heteroatoms. The van der Waals surface area contributed by atoms with E-state index in [0.717, 1.165) is 0 Å². The maximum atomic E-state index is 13.5. The maximum absolute atomic E-state index is 13.5. The Hall–Kier alpha value is -1.29. The molecule has 2 N–H and O–H groups in total. The third-order valence-corrected chi connectivity index (χ3v) is 2.55. The molecule has 1 atom stereocenters. The Morgan fingerprint density at radius 3 is 3.07 bits per heavy atom. The lowest BCUT2D eigenvalue weighted by Gasteiger charge is -2.33. The van der Waals surface area contributed by atoms with Crippen molar-refractivity contribution in [2.24, 2.45) is 0 Å². The number of hydrogen-bond acceptors (Lipinski definition) is 3. The van der Waals surface area contributed by atoms with Crippen LogP contribution in [0.15, 0.2) is 18.2 Å². The topological polar surface area (TPSA) is 38.5 Å². The molecule has 1 heterocycles. The summed E-state index contributed by atoms with van der Waals surface area (Å²) < 4.78 is 18.9. The van der Waals surface area contributed by atoms with Crippen molar-refractivity contribution < 1.29 is 9.13 Å². The van der Waals surface area contributed by atoms with Crippen molar-refractivity contribution in [2.45, 2.75) is 13.0 Å². The number of nitrogens with zero attached hydrogens (tertiary/aromatic N) is 1. The number of rotatable bonds is 1. The molecule has 0 amide bonds. The number of ether oxygens (including phenoxy) is 1. The molecule has 1 fully saturated rings. The Kier molecular flexibility index (Phi) is 2.77. The van der Waals surface area contributed by atoms with Crippen LogP contribution in [0.1, 0.15) is 6.92 Å². The molecule has 1 aliphatic rings. The van der Waals surface area contributed by atoms with Crippen LogP contribution < -0.4 is 10.6 Å². The second-order valence-corrected chi connectivity index (χ2v) is 3.84. The Balaban J connectivity index is 2.24. The van der Waals surface area contributed by atoms with Crippen LogP contribution in [0.2, 0.25) is 0 Å². The molecule has 0 unspecified atom stereocenters. The fourth-order valence-electron chi connectivity index (χ4n) is 1.81. The molecule has 1 saturated heterocycles. The molecule has 0 aromatic heterocycles. The Bertz CT molecular complexity index is 356. The first-order valence-corrected chi connectivity index (χ1v) is 5.08. The van der Waals surface area contributed by atoms with Gasteiger partial charge in [-0.05, 0) is 25.1 Å². The van der Waals surface area contributed by atoms with Crippen LogP contribution in [0.3, 0.4) is 0 Å². The first-order valence-electron chi connectivity index (χ1n) is 5.08. The quantitative estimate of drug-likeness (QED) is 0.716. The van der Waals surface area contributed by atoms with E-state index in [-0.39, 0.29) is 11.9 Å². The molecule has 3 nitrogen and oxygen atoms in total. The smallest absolute Gasteiger partial charge is 0.146 e. The summed E-state index contributed by atoms with van der Waals surface area (Å²) in [7, 11) is 0. The minimum absolute atomic E-state index is 0.139. The summed E-state index contributed by atoms with van der Waals surface area (Å²) in [5, 5.41) is 0. The van der Waals surface area contributed by atoms with Crippen molar-refractivity contribution >= 4 is 11.4 Å². The number of benzene rings is 1. The Labute approximate surface area is 88.6 Å². The third-order valence-electron chi connectivity index (χ3n) is 2.55. The largest absolute Gasteiger partial charge is 0.399 e. The predicted molar refractivity (Wildman–Crippen MR) is 58.4 cm³/mol. The minimum Gasteiger partial charge on any atom is -0.399 e. The molecule has 82 valence electrons. The van der Waals surface area contributed by atoms with E-state index in [4.69, 9.17) is 10.5 Å². The van der Waals surface area contributed by atoms with Gasteiger partial charge in [-0.2, -0.15) is 0 Å². The minimum atomic E-state index is -0.224. The fourth-order valence-corrected chi connectivity index (χ4v) is 1.81. The number of nitrogen functional groups attached to an aromatic ring is 1. The van der Waals surface area contributed by atoms with E-state index in [1.165, 1.54) is 6.07 Å². The van der Waals surface area contributed by atoms with Crippen LogP contribution in [-0.2, 0) is 4.74 Å². The molecule has 1 aliphatic heterocycles. The third kappa shape index (κ3) is 2.21. The van der Waals surface area contributed by atoms with Gasteiger partial charge in [-0.15, -0.1) is 0 Å². The van der Waals surface area contributed by atoms with Crippen LogP contribution in [0, 0.1) is 5.82 Å². The van der Waals surface area contributed by atoms with Crippen molar-refractivity contribution in [3.63, 3.8) is 0 Å².